The average Bonchev–Trinajstić information content (AvgIpc) is 4.31. The van der Waals surface area contributed by atoms with Gasteiger partial charge in [0, 0.05) is 52.3 Å². The van der Waals surface area contributed by atoms with E-state index in [0.717, 1.165) is 89.6 Å². The first-order valence-corrected chi connectivity index (χ1v) is 25.2. The van der Waals surface area contributed by atoms with Crippen molar-refractivity contribution in [2.75, 3.05) is 16.4 Å². The average molecular weight is 1010 g/mol. The zero-order chi connectivity index (χ0) is 50.9. The van der Waals surface area contributed by atoms with Crippen molar-refractivity contribution >= 4 is 67.8 Å². The molecule has 0 aliphatic carbocycles. The van der Waals surface area contributed by atoms with E-state index in [1.54, 1.807) is 5.51 Å². The molecule has 0 amide bonds. The number of aromatic nitrogens is 8. The van der Waals surface area contributed by atoms with Gasteiger partial charge >= 0.3 is 0 Å². The Balaban J connectivity index is 0.000000121. The van der Waals surface area contributed by atoms with Gasteiger partial charge in [0.05, 0.1) is 35.7 Å². The number of hydrazine groups is 1. The number of hydrogen-bond donors (Lipinski definition) is 5. The van der Waals surface area contributed by atoms with Gasteiger partial charge < -0.3 is 21.8 Å². The normalized spacial score (nSPS) is 10.8. The SMILES string of the molecule is NNC(=S)Nc1cccc(-c2cnc3cc(-c4ccccc4)ccn23)c1.Nc1cccc(-c2cnc3cc(-c4ccccc4)ccn23)c1.c1ccc(-c2ccn3c(-c4cccc(Nc5nncs5)c4)cnc3c2)cc1. The highest BCUT2D eigenvalue weighted by molar-refractivity contribution is 7.80. The number of rotatable bonds is 9. The Morgan fingerprint density at radius 2 is 0.853 bits per heavy atom. The molecule has 7 aromatic heterocycles. The van der Waals surface area contributed by atoms with E-state index in [0.29, 0.717) is 5.11 Å². The zero-order valence-electron chi connectivity index (χ0n) is 40.1. The number of nitrogens with one attached hydrogen (secondary N) is 3. The number of nitrogens with zero attached hydrogens (tertiary/aromatic N) is 8. The molecule has 0 aliphatic rings. The van der Waals surface area contributed by atoms with Crippen LogP contribution < -0.4 is 27.6 Å². The van der Waals surface area contributed by atoms with Crippen molar-refractivity contribution < 1.29 is 0 Å². The molecule has 364 valence electrons. The number of nitrogen functional groups attached to an aromatic ring is 1. The molecule has 7 N–H and O–H groups in total. The Kier molecular flexibility index (Phi) is 13.9. The summed E-state index contributed by atoms with van der Waals surface area (Å²) in [5, 5.41) is 15.4. The van der Waals surface area contributed by atoms with Crippen molar-refractivity contribution in [3.05, 3.63) is 243 Å². The van der Waals surface area contributed by atoms with Crippen LogP contribution in [-0.4, -0.2) is 43.5 Å². The van der Waals surface area contributed by atoms with Crippen LogP contribution in [0.15, 0.2) is 243 Å². The first-order chi connectivity index (χ1) is 36.9. The largest absolute Gasteiger partial charge is 0.399 e. The molecule has 75 heavy (non-hydrogen) atoms. The number of fused-ring (bicyclic) bond motifs is 3. The van der Waals surface area contributed by atoms with Crippen molar-refractivity contribution in [1.29, 1.82) is 0 Å². The van der Waals surface area contributed by atoms with Crippen molar-refractivity contribution in [1.82, 2.24) is 43.8 Å². The number of pyridine rings is 3. The lowest BCUT2D eigenvalue weighted by Gasteiger charge is -2.09. The Morgan fingerprint density at radius 3 is 1.28 bits per heavy atom. The summed E-state index contributed by atoms with van der Waals surface area (Å²) in [6.45, 7) is 0. The van der Waals surface area contributed by atoms with Crippen LogP contribution in [0.2, 0.25) is 0 Å². The van der Waals surface area contributed by atoms with Crippen LogP contribution in [0, 0.1) is 0 Å². The molecule has 6 aromatic carbocycles. The number of hydrogen-bond acceptors (Lipinski definition) is 10. The van der Waals surface area contributed by atoms with Crippen molar-refractivity contribution in [2.45, 2.75) is 0 Å². The van der Waals surface area contributed by atoms with E-state index in [-0.39, 0.29) is 0 Å². The van der Waals surface area contributed by atoms with Gasteiger partial charge in [-0.1, -0.05) is 139 Å². The minimum atomic E-state index is 0.368. The fourth-order valence-corrected chi connectivity index (χ4v) is 9.32. The molecule has 0 aliphatic heterocycles. The Morgan fingerprint density at radius 1 is 0.440 bits per heavy atom. The lowest BCUT2D eigenvalue weighted by Crippen LogP contribution is -2.34. The summed E-state index contributed by atoms with van der Waals surface area (Å²) in [6.07, 6.45) is 11.9. The van der Waals surface area contributed by atoms with Crippen LogP contribution in [0.1, 0.15) is 0 Å². The monoisotopic (exact) mass is 1010 g/mol. The van der Waals surface area contributed by atoms with Gasteiger partial charge in [0.15, 0.2) is 5.11 Å². The summed E-state index contributed by atoms with van der Waals surface area (Å²) in [5.41, 5.74) is 28.7. The summed E-state index contributed by atoms with van der Waals surface area (Å²) in [4.78, 5) is 13.7. The summed E-state index contributed by atoms with van der Waals surface area (Å²) in [7, 11) is 0. The molecule has 0 saturated carbocycles. The fraction of sp³-hybridized carbons (Fsp3) is 0. The predicted molar refractivity (Wildman–Crippen MR) is 309 cm³/mol. The lowest BCUT2D eigenvalue weighted by molar-refractivity contribution is 1.04. The van der Waals surface area contributed by atoms with Crippen molar-refractivity contribution in [3.63, 3.8) is 0 Å². The predicted octanol–water partition coefficient (Wildman–Crippen LogP) is 13.3. The second kappa shape index (κ2) is 21.9. The highest BCUT2D eigenvalue weighted by Crippen LogP contribution is 2.31. The van der Waals surface area contributed by atoms with Crippen LogP contribution in [0.25, 0.3) is 84.1 Å². The number of nitrogens with two attached hydrogens (primary N) is 2. The third kappa shape index (κ3) is 10.9. The quantitative estimate of drug-likeness (QED) is 0.0404. The third-order valence-electron chi connectivity index (χ3n) is 12.4. The molecule has 15 heteroatoms. The summed E-state index contributed by atoms with van der Waals surface area (Å²) < 4.78 is 6.27. The van der Waals surface area contributed by atoms with Crippen molar-refractivity contribution in [3.8, 4) is 67.2 Å². The maximum Gasteiger partial charge on any atom is 0.209 e. The first kappa shape index (κ1) is 47.5. The third-order valence-corrected chi connectivity index (χ3v) is 13.2. The highest BCUT2D eigenvalue weighted by Gasteiger charge is 2.12. The van der Waals surface area contributed by atoms with Gasteiger partial charge in [-0.05, 0) is 118 Å². The summed E-state index contributed by atoms with van der Waals surface area (Å²) in [5.74, 6) is 5.32. The number of imidazole rings is 3. The van der Waals surface area contributed by atoms with Crippen LogP contribution in [0.4, 0.5) is 22.2 Å². The molecule has 0 radical (unpaired) electrons. The van der Waals surface area contributed by atoms with Gasteiger partial charge in [-0.15, -0.1) is 10.2 Å². The van der Waals surface area contributed by atoms with E-state index in [9.17, 15) is 0 Å². The van der Waals surface area contributed by atoms with E-state index in [1.807, 2.05) is 140 Å². The van der Waals surface area contributed by atoms with E-state index < -0.39 is 0 Å². The van der Waals surface area contributed by atoms with Gasteiger partial charge in [-0.3, -0.25) is 13.2 Å². The van der Waals surface area contributed by atoms with E-state index in [4.69, 9.17) is 23.8 Å². The molecule has 0 bridgehead atoms. The number of thiocarbonyl (C=S) groups is 1. The number of anilines is 4. The van der Waals surface area contributed by atoms with Gasteiger partial charge in [-0.2, -0.15) is 0 Å². The fourth-order valence-electron chi connectivity index (χ4n) is 8.74. The molecule has 0 atom stereocenters. The molecule has 13 nitrogen and oxygen atoms in total. The molecule has 13 aromatic rings. The molecule has 0 spiro atoms. The molecule has 0 saturated heterocycles. The lowest BCUT2D eigenvalue weighted by atomic mass is 10.1. The first-order valence-electron chi connectivity index (χ1n) is 23.9. The molecule has 7 heterocycles. The molecular weight excluding hydrogens is 967 g/mol. The van der Waals surface area contributed by atoms with Gasteiger partial charge in [0.2, 0.25) is 5.13 Å². The van der Waals surface area contributed by atoms with E-state index in [1.165, 1.54) is 28.0 Å². The van der Waals surface area contributed by atoms with Crippen LogP contribution in [0.3, 0.4) is 0 Å². The maximum absolute atomic E-state index is 5.88. The second-order valence-corrected chi connectivity index (χ2v) is 18.5. The van der Waals surface area contributed by atoms with Crippen LogP contribution >= 0.6 is 23.6 Å². The smallest absolute Gasteiger partial charge is 0.209 e. The van der Waals surface area contributed by atoms with Gasteiger partial charge in [-0.25, -0.2) is 20.8 Å². The van der Waals surface area contributed by atoms with E-state index >= 15 is 0 Å². The summed E-state index contributed by atoms with van der Waals surface area (Å²) in [6, 6.07) is 67.6. The van der Waals surface area contributed by atoms with Crippen molar-refractivity contribution in [2.24, 2.45) is 5.84 Å². The molecule has 0 unspecified atom stereocenters. The highest BCUT2D eigenvalue weighted by atomic mass is 32.1. The van der Waals surface area contributed by atoms with Crippen LogP contribution in [-0.2, 0) is 0 Å². The molecule has 13 rings (SSSR count). The Hall–Kier alpha value is -9.80. The standard InChI is InChI=1S/C21H15N5S.C20H17N5S.C19H15N3/c1-2-5-15(6-3-1)16-9-10-26-19(13-22-20(26)12-16)17-7-4-8-18(11-17)24-21-25-23-14-27-21;21-24-20(26)23-17-8-4-7-16(11-17)18-13-22-19-12-15(9-10-25(18)19)14-5-2-1-3-6-14;20-17-8-4-7-16(11-17)18-13-21-19-12-15(9-10-22(18)19)14-5-2-1-3-6-14/h1-14H,(H,24,25);1-13H,21H2,(H2,23,24,26);1-13H,20H2. The van der Waals surface area contributed by atoms with Crippen LogP contribution in [0.5, 0.6) is 0 Å². The molecule has 0 fully saturated rings. The maximum atomic E-state index is 5.88. The summed E-state index contributed by atoms with van der Waals surface area (Å²) >= 11 is 6.53. The topological polar surface area (TPSA) is 166 Å². The van der Waals surface area contributed by atoms with Gasteiger partial charge in [0.1, 0.15) is 22.5 Å². The zero-order valence-corrected chi connectivity index (χ0v) is 41.8. The second-order valence-electron chi connectivity index (χ2n) is 17.2. The van der Waals surface area contributed by atoms with E-state index in [2.05, 4.69) is 152 Å². The molecular formula is C60H47N13S2. The minimum absolute atomic E-state index is 0.368. The van der Waals surface area contributed by atoms with Gasteiger partial charge in [0.25, 0.3) is 0 Å². The number of benzene rings is 6. The Bertz CT molecular complexity index is 4040. The Labute approximate surface area is 441 Å². The minimum Gasteiger partial charge on any atom is -0.399 e.